The summed E-state index contributed by atoms with van der Waals surface area (Å²) < 4.78 is 1.97. The number of amides is 2. The highest BCUT2D eigenvalue weighted by Crippen LogP contribution is 2.22. The molecule has 0 aliphatic heterocycles. The Morgan fingerprint density at radius 1 is 1.28 bits per heavy atom. The zero-order chi connectivity index (χ0) is 21.2. The first-order valence-corrected chi connectivity index (χ1v) is 10.0. The number of rotatable bonds is 11. The molecule has 0 bridgehead atoms. The van der Waals surface area contributed by atoms with Crippen molar-refractivity contribution in [2.45, 2.75) is 45.4 Å². The Bertz CT molecular complexity index is 857. The lowest BCUT2D eigenvalue weighted by molar-refractivity contribution is -0.128. The molecule has 0 saturated carbocycles. The normalized spacial score (nSPS) is 11.2. The van der Waals surface area contributed by atoms with Gasteiger partial charge in [0.25, 0.3) is 5.91 Å². The fourth-order valence-electron chi connectivity index (χ4n) is 3.01. The van der Waals surface area contributed by atoms with E-state index in [0.717, 1.165) is 42.0 Å². The number of nitrogens with one attached hydrogen (secondary N) is 2. The fourth-order valence-corrected chi connectivity index (χ4v) is 3.01. The van der Waals surface area contributed by atoms with Crippen LogP contribution in [0.4, 0.5) is 5.82 Å². The minimum atomic E-state index is -0.585. The number of carbonyl (C=O) groups is 2. The molecule has 2 aromatic rings. The molecular formula is C21H31N5O3. The number of pyridine rings is 1. The second kappa shape index (κ2) is 11.2. The Labute approximate surface area is 171 Å². The Morgan fingerprint density at radius 3 is 2.76 bits per heavy atom. The molecule has 8 nitrogen and oxygen atoms in total. The highest BCUT2D eigenvalue weighted by atomic mass is 16.5. The maximum absolute atomic E-state index is 11.9. The van der Waals surface area contributed by atoms with Crippen molar-refractivity contribution < 1.29 is 14.8 Å². The van der Waals surface area contributed by atoms with Crippen LogP contribution in [0.5, 0.6) is 0 Å². The molecule has 29 heavy (non-hydrogen) atoms. The van der Waals surface area contributed by atoms with Gasteiger partial charge in [-0.05, 0) is 36.6 Å². The van der Waals surface area contributed by atoms with Gasteiger partial charge in [0, 0.05) is 39.3 Å². The van der Waals surface area contributed by atoms with Gasteiger partial charge < -0.3 is 10.2 Å². The number of unbranched alkanes of at least 4 members (excludes halogenated alkanes) is 3. The molecule has 2 rings (SSSR count). The van der Waals surface area contributed by atoms with Gasteiger partial charge >= 0.3 is 0 Å². The number of anilines is 1. The molecule has 0 unspecified atom stereocenters. The lowest BCUT2D eigenvalue weighted by Gasteiger charge is -2.12. The van der Waals surface area contributed by atoms with Gasteiger partial charge in [-0.1, -0.05) is 26.2 Å². The van der Waals surface area contributed by atoms with Crippen molar-refractivity contribution in [3.05, 3.63) is 35.7 Å². The van der Waals surface area contributed by atoms with Gasteiger partial charge in [0.15, 0.2) is 0 Å². The Morgan fingerprint density at radius 2 is 2.07 bits per heavy atom. The van der Waals surface area contributed by atoms with E-state index in [4.69, 9.17) is 10.2 Å². The molecule has 158 valence electrons. The van der Waals surface area contributed by atoms with Crippen LogP contribution in [0.3, 0.4) is 0 Å². The van der Waals surface area contributed by atoms with Gasteiger partial charge in [-0.3, -0.25) is 19.2 Å². The Kier molecular flexibility index (Phi) is 8.67. The minimum absolute atomic E-state index is 0.0744. The lowest BCUT2D eigenvalue weighted by Crippen LogP contribution is -2.24. The third-order valence-electron chi connectivity index (χ3n) is 4.66. The largest absolute Gasteiger partial charge is 0.369 e. The first kappa shape index (κ1) is 22.4. The molecule has 0 aliphatic rings. The van der Waals surface area contributed by atoms with Crippen molar-refractivity contribution in [1.82, 2.24) is 19.8 Å². The first-order chi connectivity index (χ1) is 14.0. The second-order valence-electron chi connectivity index (χ2n) is 7.18. The van der Waals surface area contributed by atoms with E-state index >= 15 is 0 Å². The van der Waals surface area contributed by atoms with Crippen LogP contribution in [0, 0.1) is 0 Å². The van der Waals surface area contributed by atoms with Crippen molar-refractivity contribution in [2.24, 2.45) is 0 Å². The predicted octanol–water partition coefficient (Wildman–Crippen LogP) is 2.87. The van der Waals surface area contributed by atoms with Crippen LogP contribution < -0.4 is 10.8 Å². The van der Waals surface area contributed by atoms with Gasteiger partial charge in [-0.15, -0.1) is 0 Å². The number of nitrogens with zero attached hydrogens (tertiary/aromatic N) is 3. The second-order valence-corrected chi connectivity index (χ2v) is 7.18. The van der Waals surface area contributed by atoms with Crippen LogP contribution in [0.15, 0.2) is 24.4 Å². The number of aryl methyl sites for hydroxylation is 1. The number of hydrogen-bond donors (Lipinski definition) is 3. The van der Waals surface area contributed by atoms with E-state index in [1.807, 2.05) is 22.7 Å². The average molecular weight is 402 g/mol. The van der Waals surface area contributed by atoms with E-state index in [0.29, 0.717) is 13.0 Å². The molecule has 0 fully saturated rings. The molecule has 0 aromatic carbocycles. The standard InChI is InChI=1S/C21H31N5O3/c1-4-5-6-7-8-17-21(22-13-11-20(28)25(2)3)26-14-12-16(15-18(26)23-17)9-10-19(27)24-29/h9-10,12,14-15,22,29H,4-8,11,13H2,1-3H3,(H,24,27). The topological polar surface area (TPSA) is 99.0 Å². The maximum Gasteiger partial charge on any atom is 0.267 e. The third-order valence-corrected chi connectivity index (χ3v) is 4.66. The van der Waals surface area contributed by atoms with Crippen LogP contribution in [-0.2, 0) is 16.0 Å². The molecule has 0 atom stereocenters. The molecule has 2 amide bonds. The third kappa shape index (κ3) is 6.60. The lowest BCUT2D eigenvalue weighted by atomic mass is 10.1. The SMILES string of the molecule is CCCCCCc1nc2cc(C=CC(=O)NO)ccn2c1NCCC(=O)N(C)C. The Hall–Kier alpha value is -2.87. The van der Waals surface area contributed by atoms with Gasteiger partial charge in [-0.2, -0.15) is 0 Å². The zero-order valence-corrected chi connectivity index (χ0v) is 17.4. The van der Waals surface area contributed by atoms with E-state index in [1.54, 1.807) is 30.6 Å². The highest BCUT2D eigenvalue weighted by molar-refractivity contribution is 5.90. The van der Waals surface area contributed by atoms with Crippen LogP contribution in [0.2, 0.25) is 0 Å². The van der Waals surface area contributed by atoms with Crippen LogP contribution in [-0.4, -0.2) is 51.9 Å². The molecule has 0 spiro atoms. The molecule has 3 N–H and O–H groups in total. The fraction of sp³-hybridized carbons (Fsp3) is 0.476. The van der Waals surface area contributed by atoms with Crippen molar-refractivity contribution >= 4 is 29.4 Å². The summed E-state index contributed by atoms with van der Waals surface area (Å²) in [5.74, 6) is 0.398. The predicted molar refractivity (Wildman–Crippen MR) is 114 cm³/mol. The van der Waals surface area contributed by atoms with Crippen molar-refractivity contribution in [2.75, 3.05) is 26.0 Å². The summed E-state index contributed by atoms with van der Waals surface area (Å²) in [5, 5.41) is 12.0. The van der Waals surface area contributed by atoms with Gasteiger partial charge in [0.1, 0.15) is 11.5 Å². The summed E-state index contributed by atoms with van der Waals surface area (Å²) in [5.41, 5.74) is 4.12. The molecule has 2 heterocycles. The number of hydrogen-bond acceptors (Lipinski definition) is 5. The summed E-state index contributed by atoms with van der Waals surface area (Å²) in [6.45, 7) is 2.72. The van der Waals surface area contributed by atoms with Crippen molar-refractivity contribution in [3.63, 3.8) is 0 Å². The summed E-state index contributed by atoms with van der Waals surface area (Å²) in [6, 6.07) is 3.75. The zero-order valence-electron chi connectivity index (χ0n) is 17.4. The Balaban J connectivity index is 2.22. The molecule has 0 saturated heterocycles. The highest BCUT2D eigenvalue weighted by Gasteiger charge is 2.13. The molecule has 2 aromatic heterocycles. The maximum atomic E-state index is 11.9. The van der Waals surface area contributed by atoms with Gasteiger partial charge in [0.05, 0.1) is 5.69 Å². The molecule has 0 radical (unpaired) electrons. The molecule has 0 aliphatic carbocycles. The first-order valence-electron chi connectivity index (χ1n) is 10.0. The summed E-state index contributed by atoms with van der Waals surface area (Å²) in [4.78, 5) is 29.4. The summed E-state index contributed by atoms with van der Waals surface area (Å²) >= 11 is 0. The summed E-state index contributed by atoms with van der Waals surface area (Å²) in [7, 11) is 3.50. The molecule has 8 heteroatoms. The average Bonchev–Trinajstić information content (AvgIpc) is 3.05. The van der Waals surface area contributed by atoms with E-state index in [2.05, 4.69) is 12.2 Å². The van der Waals surface area contributed by atoms with Gasteiger partial charge in [0.2, 0.25) is 5.91 Å². The number of fused-ring (bicyclic) bond motifs is 1. The number of imidazole rings is 1. The van der Waals surface area contributed by atoms with Crippen LogP contribution in [0.25, 0.3) is 11.7 Å². The van der Waals surface area contributed by atoms with Crippen molar-refractivity contribution in [3.8, 4) is 0 Å². The molecular weight excluding hydrogens is 370 g/mol. The number of hydroxylamine groups is 1. The van der Waals surface area contributed by atoms with E-state index in [-0.39, 0.29) is 5.91 Å². The quantitative estimate of drug-likeness (QED) is 0.233. The smallest absolute Gasteiger partial charge is 0.267 e. The minimum Gasteiger partial charge on any atom is -0.369 e. The monoisotopic (exact) mass is 401 g/mol. The van der Waals surface area contributed by atoms with E-state index < -0.39 is 5.91 Å². The van der Waals surface area contributed by atoms with Crippen molar-refractivity contribution in [1.29, 1.82) is 0 Å². The number of carbonyl (C=O) groups excluding carboxylic acids is 2. The van der Waals surface area contributed by atoms with E-state index in [9.17, 15) is 9.59 Å². The van der Waals surface area contributed by atoms with Gasteiger partial charge in [-0.25, -0.2) is 10.5 Å². The summed E-state index contributed by atoms with van der Waals surface area (Å²) in [6.07, 6.45) is 10.6. The number of aromatic nitrogens is 2. The van der Waals surface area contributed by atoms with E-state index in [1.165, 1.54) is 18.9 Å². The van der Waals surface area contributed by atoms with Crippen LogP contribution in [0.1, 0.15) is 50.3 Å². The van der Waals surface area contributed by atoms with Crippen LogP contribution >= 0.6 is 0 Å².